The van der Waals surface area contributed by atoms with Crippen molar-refractivity contribution in [2.75, 3.05) is 32.8 Å². The molecular weight excluding hydrogens is 304 g/mol. The summed E-state index contributed by atoms with van der Waals surface area (Å²) in [6.45, 7) is 5.73. The number of halogens is 1. The minimum Gasteiger partial charge on any atom is -0.466 e. The van der Waals surface area contributed by atoms with Gasteiger partial charge in [0.25, 0.3) is 0 Å². The van der Waals surface area contributed by atoms with Gasteiger partial charge in [-0.15, -0.1) is 12.4 Å². The van der Waals surface area contributed by atoms with E-state index in [1.807, 2.05) is 11.8 Å². The fourth-order valence-electron chi connectivity index (χ4n) is 3.31. The summed E-state index contributed by atoms with van der Waals surface area (Å²) in [4.78, 5) is 26.0. The van der Waals surface area contributed by atoms with Gasteiger partial charge in [-0.05, 0) is 58.0 Å². The van der Waals surface area contributed by atoms with Crippen LogP contribution in [0.1, 0.15) is 45.4 Å². The van der Waals surface area contributed by atoms with Gasteiger partial charge in [0, 0.05) is 19.5 Å². The molecule has 6 heteroatoms. The summed E-state index contributed by atoms with van der Waals surface area (Å²) in [5.41, 5.74) is 0. The summed E-state index contributed by atoms with van der Waals surface area (Å²) in [7, 11) is 0. The number of esters is 1. The van der Waals surface area contributed by atoms with Crippen molar-refractivity contribution in [2.45, 2.75) is 45.4 Å². The Morgan fingerprint density at radius 1 is 1.23 bits per heavy atom. The molecule has 2 heterocycles. The monoisotopic (exact) mass is 332 g/mol. The van der Waals surface area contributed by atoms with Crippen molar-refractivity contribution in [1.29, 1.82) is 0 Å². The van der Waals surface area contributed by atoms with Crippen molar-refractivity contribution in [3.05, 3.63) is 0 Å². The van der Waals surface area contributed by atoms with E-state index in [0.717, 1.165) is 38.9 Å². The maximum Gasteiger partial charge on any atom is 0.310 e. The quantitative estimate of drug-likeness (QED) is 0.782. The molecule has 0 bridgehead atoms. The average molecular weight is 333 g/mol. The number of piperidine rings is 2. The van der Waals surface area contributed by atoms with Crippen molar-refractivity contribution in [2.24, 2.45) is 11.8 Å². The lowest BCUT2D eigenvalue weighted by Crippen LogP contribution is -2.43. The predicted octanol–water partition coefficient (Wildman–Crippen LogP) is 1.99. The molecule has 22 heavy (non-hydrogen) atoms. The van der Waals surface area contributed by atoms with E-state index in [9.17, 15) is 9.59 Å². The standard InChI is InChI=1S/C16H28N2O3.ClH/c1-2-21-16(20)14-4-3-11-18(12-14)15(19)6-5-13-7-9-17-10-8-13;/h13-14,17H,2-12H2,1H3;1H. The number of hydrogen-bond acceptors (Lipinski definition) is 4. The third-order valence-electron chi connectivity index (χ3n) is 4.62. The molecule has 1 atom stereocenters. The molecule has 2 fully saturated rings. The van der Waals surface area contributed by atoms with Crippen LogP contribution in [0.4, 0.5) is 0 Å². The van der Waals surface area contributed by atoms with Crippen LogP contribution in [0.15, 0.2) is 0 Å². The Kier molecular flexibility index (Phi) is 8.79. The lowest BCUT2D eigenvalue weighted by Gasteiger charge is -2.32. The summed E-state index contributed by atoms with van der Waals surface area (Å²) < 4.78 is 5.08. The molecule has 0 aromatic heterocycles. The van der Waals surface area contributed by atoms with Crippen molar-refractivity contribution < 1.29 is 14.3 Å². The van der Waals surface area contributed by atoms with Gasteiger partial charge >= 0.3 is 5.97 Å². The molecule has 0 aliphatic carbocycles. The third-order valence-corrected chi connectivity index (χ3v) is 4.62. The van der Waals surface area contributed by atoms with E-state index >= 15 is 0 Å². The molecule has 128 valence electrons. The Morgan fingerprint density at radius 2 is 1.95 bits per heavy atom. The van der Waals surface area contributed by atoms with E-state index in [2.05, 4.69) is 5.32 Å². The summed E-state index contributed by atoms with van der Waals surface area (Å²) in [6, 6.07) is 0. The first kappa shape index (κ1) is 19.2. The van der Waals surface area contributed by atoms with Gasteiger partial charge in [-0.1, -0.05) is 0 Å². The summed E-state index contributed by atoms with van der Waals surface area (Å²) in [6.07, 6.45) is 5.72. The number of ether oxygens (including phenoxy) is 1. The number of likely N-dealkylation sites (tertiary alicyclic amines) is 1. The molecule has 0 radical (unpaired) electrons. The fourth-order valence-corrected chi connectivity index (χ4v) is 3.31. The van der Waals surface area contributed by atoms with Crippen LogP contribution in [-0.4, -0.2) is 49.6 Å². The number of nitrogens with zero attached hydrogens (tertiary/aromatic N) is 1. The number of carbonyl (C=O) groups is 2. The van der Waals surface area contributed by atoms with Gasteiger partial charge in [0.05, 0.1) is 12.5 Å². The second-order valence-corrected chi connectivity index (χ2v) is 6.16. The van der Waals surface area contributed by atoms with Gasteiger partial charge in [-0.25, -0.2) is 0 Å². The van der Waals surface area contributed by atoms with E-state index in [-0.39, 0.29) is 30.2 Å². The molecule has 0 aromatic carbocycles. The largest absolute Gasteiger partial charge is 0.466 e. The van der Waals surface area contributed by atoms with Crippen LogP contribution < -0.4 is 5.32 Å². The fraction of sp³-hybridized carbons (Fsp3) is 0.875. The number of nitrogens with one attached hydrogen (secondary N) is 1. The van der Waals surface area contributed by atoms with Crippen molar-refractivity contribution >= 4 is 24.3 Å². The van der Waals surface area contributed by atoms with E-state index < -0.39 is 0 Å². The molecule has 0 spiro atoms. The molecule has 5 nitrogen and oxygen atoms in total. The second-order valence-electron chi connectivity index (χ2n) is 6.16. The van der Waals surface area contributed by atoms with E-state index in [4.69, 9.17) is 4.74 Å². The van der Waals surface area contributed by atoms with Gasteiger partial charge in [0.1, 0.15) is 0 Å². The van der Waals surface area contributed by atoms with Gasteiger partial charge < -0.3 is 15.0 Å². The number of carbonyl (C=O) groups excluding carboxylic acids is 2. The van der Waals surface area contributed by atoms with Gasteiger partial charge in [0.15, 0.2) is 0 Å². The van der Waals surface area contributed by atoms with Crippen molar-refractivity contribution in [3.8, 4) is 0 Å². The maximum atomic E-state index is 12.3. The maximum absolute atomic E-state index is 12.3. The van der Waals surface area contributed by atoms with Gasteiger partial charge in [-0.3, -0.25) is 9.59 Å². The van der Waals surface area contributed by atoms with Crippen molar-refractivity contribution in [1.82, 2.24) is 10.2 Å². The first-order valence-corrected chi connectivity index (χ1v) is 8.35. The van der Waals surface area contributed by atoms with Crippen molar-refractivity contribution in [3.63, 3.8) is 0 Å². The zero-order valence-corrected chi connectivity index (χ0v) is 14.3. The number of hydrogen-bond donors (Lipinski definition) is 1. The zero-order chi connectivity index (χ0) is 15.1. The van der Waals surface area contributed by atoms with Crippen LogP contribution in [-0.2, 0) is 14.3 Å². The first-order chi connectivity index (χ1) is 10.2. The number of rotatable bonds is 5. The van der Waals surface area contributed by atoms with E-state index in [0.29, 0.717) is 25.5 Å². The Bertz CT molecular complexity index is 359. The molecule has 2 aliphatic rings. The molecule has 0 aromatic rings. The molecule has 2 rings (SSSR count). The summed E-state index contributed by atoms with van der Waals surface area (Å²) in [5, 5.41) is 3.35. The zero-order valence-electron chi connectivity index (χ0n) is 13.5. The molecule has 1 amide bonds. The van der Waals surface area contributed by atoms with Crippen LogP contribution in [0.5, 0.6) is 0 Å². The molecule has 2 aliphatic heterocycles. The molecule has 2 saturated heterocycles. The predicted molar refractivity (Wildman–Crippen MR) is 88.0 cm³/mol. The smallest absolute Gasteiger partial charge is 0.310 e. The van der Waals surface area contributed by atoms with Crippen LogP contribution in [0.3, 0.4) is 0 Å². The summed E-state index contributed by atoms with van der Waals surface area (Å²) in [5.74, 6) is 0.623. The van der Waals surface area contributed by atoms with Crippen LogP contribution >= 0.6 is 12.4 Å². The van der Waals surface area contributed by atoms with Crippen LogP contribution in [0, 0.1) is 11.8 Å². The number of amides is 1. The molecular formula is C16H29ClN2O3. The lowest BCUT2D eigenvalue weighted by molar-refractivity contribution is -0.151. The Labute approximate surface area is 139 Å². The minimum atomic E-state index is -0.145. The lowest BCUT2D eigenvalue weighted by atomic mass is 9.92. The first-order valence-electron chi connectivity index (χ1n) is 8.35. The SMILES string of the molecule is CCOC(=O)C1CCCN(C(=O)CCC2CCNCC2)C1.Cl. The van der Waals surface area contributed by atoms with E-state index in [1.54, 1.807) is 0 Å². The Morgan fingerprint density at radius 3 is 2.64 bits per heavy atom. The highest BCUT2D eigenvalue weighted by Crippen LogP contribution is 2.22. The van der Waals surface area contributed by atoms with Gasteiger partial charge in [0.2, 0.25) is 5.91 Å². The Hall–Kier alpha value is -0.810. The normalized spacial score (nSPS) is 22.8. The average Bonchev–Trinajstić information content (AvgIpc) is 2.54. The molecule has 0 saturated carbocycles. The van der Waals surface area contributed by atoms with E-state index in [1.165, 1.54) is 12.8 Å². The highest BCUT2D eigenvalue weighted by Gasteiger charge is 2.29. The highest BCUT2D eigenvalue weighted by atomic mass is 35.5. The highest BCUT2D eigenvalue weighted by molar-refractivity contribution is 5.85. The topological polar surface area (TPSA) is 58.6 Å². The molecule has 1 unspecified atom stereocenters. The molecule has 1 N–H and O–H groups in total. The van der Waals surface area contributed by atoms with Gasteiger partial charge in [-0.2, -0.15) is 0 Å². The van der Waals surface area contributed by atoms with Crippen LogP contribution in [0.25, 0.3) is 0 Å². The minimum absolute atomic E-state index is 0. The van der Waals surface area contributed by atoms with Crippen LogP contribution in [0.2, 0.25) is 0 Å². The second kappa shape index (κ2) is 10.1. The Balaban J connectivity index is 0.00000242. The third kappa shape index (κ3) is 5.76. The summed E-state index contributed by atoms with van der Waals surface area (Å²) >= 11 is 0.